The van der Waals surface area contributed by atoms with Gasteiger partial charge in [-0.05, 0) is 48.6 Å². The van der Waals surface area contributed by atoms with E-state index < -0.39 is 60.5 Å². The molecule has 10 nitrogen and oxygen atoms in total. The lowest BCUT2D eigenvalue weighted by atomic mass is 10.1. The van der Waals surface area contributed by atoms with Crippen LogP contribution >= 0.6 is 0 Å². The van der Waals surface area contributed by atoms with E-state index in [-0.39, 0.29) is 13.2 Å². The molecule has 0 aliphatic carbocycles. The number of rotatable bonds is 6. The van der Waals surface area contributed by atoms with Gasteiger partial charge in [0.05, 0.1) is 0 Å². The van der Waals surface area contributed by atoms with Crippen molar-refractivity contribution in [2.45, 2.75) is 64.3 Å². The third-order valence-corrected chi connectivity index (χ3v) is 5.44. The van der Waals surface area contributed by atoms with Gasteiger partial charge in [0.25, 0.3) is 0 Å². The van der Waals surface area contributed by atoms with Crippen molar-refractivity contribution in [1.82, 2.24) is 0 Å². The van der Waals surface area contributed by atoms with Gasteiger partial charge in [-0.3, -0.25) is 19.2 Å². The third kappa shape index (κ3) is 10.1. The van der Waals surface area contributed by atoms with Crippen LogP contribution < -0.4 is 0 Å². The SMILES string of the molecule is CC(=O)OCC1OC(C#Cc2ccc(C#CC3C=CC(OC(C)=O)C(COC(C)=O)O3)cc2)C=CC1OC(C)=O. The first-order chi connectivity index (χ1) is 19.1. The highest BCUT2D eigenvalue weighted by molar-refractivity contribution is 5.67. The maximum atomic E-state index is 11.4. The monoisotopic (exact) mass is 550 g/mol. The molecule has 3 rings (SSSR count). The zero-order chi connectivity index (χ0) is 29.1. The average molecular weight is 551 g/mol. The standard InChI is InChI=1S/C30H30O10/c1-19(31)35-17-29-27(37-21(3)33)15-13-25(39-29)11-9-23-5-7-24(8-6-23)10-12-26-14-16-28(38-22(4)34)30(40-26)18-36-20(2)32/h5-8,13-16,25-30H,17-18H2,1-4H3. The smallest absolute Gasteiger partial charge is 0.303 e. The van der Waals surface area contributed by atoms with Gasteiger partial charge in [-0.2, -0.15) is 0 Å². The highest BCUT2D eigenvalue weighted by Gasteiger charge is 2.31. The summed E-state index contributed by atoms with van der Waals surface area (Å²) in [5.41, 5.74) is 1.45. The molecule has 1 aromatic rings. The Morgan fingerprint density at radius 3 is 1.32 bits per heavy atom. The maximum absolute atomic E-state index is 11.4. The molecule has 0 spiro atoms. The van der Waals surface area contributed by atoms with Crippen LogP contribution in [0.4, 0.5) is 0 Å². The number of ether oxygens (including phenoxy) is 6. The number of hydrogen-bond acceptors (Lipinski definition) is 10. The van der Waals surface area contributed by atoms with Gasteiger partial charge in [-0.25, -0.2) is 0 Å². The summed E-state index contributed by atoms with van der Waals surface area (Å²) in [4.78, 5) is 45.1. The predicted octanol–water partition coefficient (Wildman–Crippen LogP) is 2.03. The third-order valence-electron chi connectivity index (χ3n) is 5.44. The highest BCUT2D eigenvalue weighted by atomic mass is 16.6. The van der Waals surface area contributed by atoms with E-state index in [1.54, 1.807) is 48.6 Å². The van der Waals surface area contributed by atoms with Crippen molar-refractivity contribution in [2.24, 2.45) is 0 Å². The van der Waals surface area contributed by atoms with Gasteiger partial charge >= 0.3 is 23.9 Å². The largest absolute Gasteiger partial charge is 0.463 e. The van der Waals surface area contributed by atoms with Crippen molar-refractivity contribution in [3.05, 3.63) is 59.7 Å². The van der Waals surface area contributed by atoms with Crippen LogP contribution in [0.15, 0.2) is 48.6 Å². The van der Waals surface area contributed by atoms with Crippen LogP contribution in [0.25, 0.3) is 0 Å². The van der Waals surface area contributed by atoms with E-state index in [4.69, 9.17) is 28.4 Å². The molecule has 2 aliphatic heterocycles. The van der Waals surface area contributed by atoms with Crippen LogP contribution in [-0.4, -0.2) is 73.7 Å². The van der Waals surface area contributed by atoms with E-state index in [9.17, 15) is 19.2 Å². The highest BCUT2D eigenvalue weighted by Crippen LogP contribution is 2.18. The number of esters is 4. The van der Waals surface area contributed by atoms with Gasteiger partial charge in [0.2, 0.25) is 0 Å². The Morgan fingerprint density at radius 2 is 1.00 bits per heavy atom. The molecule has 0 saturated carbocycles. The number of benzene rings is 1. The Labute approximate surface area is 232 Å². The fourth-order valence-corrected chi connectivity index (χ4v) is 3.68. The van der Waals surface area contributed by atoms with Crippen molar-refractivity contribution in [2.75, 3.05) is 13.2 Å². The predicted molar refractivity (Wildman–Crippen MR) is 140 cm³/mol. The fraction of sp³-hybridized carbons (Fsp3) is 0.400. The van der Waals surface area contributed by atoms with E-state index >= 15 is 0 Å². The summed E-state index contributed by atoms with van der Waals surface area (Å²) in [6, 6.07) is 7.22. The zero-order valence-corrected chi connectivity index (χ0v) is 22.6. The van der Waals surface area contributed by atoms with Gasteiger partial charge in [-0.1, -0.05) is 23.7 Å². The first kappa shape index (κ1) is 30.2. The summed E-state index contributed by atoms with van der Waals surface area (Å²) in [5.74, 6) is 10.2. The quantitative estimate of drug-likeness (QED) is 0.225. The van der Waals surface area contributed by atoms with Gasteiger partial charge in [0, 0.05) is 38.8 Å². The average Bonchev–Trinajstić information content (AvgIpc) is 2.90. The Bertz CT molecular complexity index is 1170. The summed E-state index contributed by atoms with van der Waals surface area (Å²) in [7, 11) is 0. The molecule has 0 radical (unpaired) electrons. The lowest BCUT2D eigenvalue weighted by Gasteiger charge is -2.29. The molecule has 6 unspecified atom stereocenters. The minimum atomic E-state index is -0.680. The lowest BCUT2D eigenvalue weighted by Crippen LogP contribution is -2.41. The molecule has 2 heterocycles. The summed E-state index contributed by atoms with van der Waals surface area (Å²) < 4.78 is 32.2. The number of carbonyl (C=O) groups excluding carboxylic acids is 4. The number of hydrogen-bond donors (Lipinski definition) is 0. The minimum absolute atomic E-state index is 0.0715. The Morgan fingerprint density at radius 1 is 0.625 bits per heavy atom. The maximum Gasteiger partial charge on any atom is 0.303 e. The van der Waals surface area contributed by atoms with Crippen LogP contribution in [0.2, 0.25) is 0 Å². The minimum Gasteiger partial charge on any atom is -0.463 e. The van der Waals surface area contributed by atoms with Crippen molar-refractivity contribution in [3.63, 3.8) is 0 Å². The summed E-state index contributed by atoms with van der Waals surface area (Å²) >= 11 is 0. The Kier molecular flexibility index (Phi) is 11.1. The van der Waals surface area contributed by atoms with Crippen LogP contribution in [0.1, 0.15) is 38.8 Å². The molecular weight excluding hydrogens is 520 g/mol. The number of carbonyl (C=O) groups is 4. The molecular formula is C30H30O10. The van der Waals surface area contributed by atoms with Crippen LogP contribution in [-0.2, 0) is 47.6 Å². The van der Waals surface area contributed by atoms with Crippen molar-refractivity contribution in [1.29, 1.82) is 0 Å². The molecule has 2 aliphatic rings. The normalized spacial score (nSPS) is 24.8. The second-order valence-corrected chi connectivity index (χ2v) is 8.83. The molecule has 0 N–H and O–H groups in total. The van der Waals surface area contributed by atoms with E-state index in [0.29, 0.717) is 0 Å². The first-order valence-electron chi connectivity index (χ1n) is 12.5. The summed E-state index contributed by atoms with van der Waals surface area (Å²) in [6.45, 7) is 5.01. The molecule has 1 aromatic carbocycles. The Balaban J connectivity index is 1.63. The van der Waals surface area contributed by atoms with E-state index in [2.05, 4.69) is 23.7 Å². The molecule has 0 bridgehead atoms. The molecule has 210 valence electrons. The molecule has 6 atom stereocenters. The molecule has 0 amide bonds. The summed E-state index contributed by atoms with van der Waals surface area (Å²) in [5, 5.41) is 0. The zero-order valence-electron chi connectivity index (χ0n) is 22.6. The van der Waals surface area contributed by atoms with Crippen LogP contribution in [0, 0.1) is 23.7 Å². The fourth-order valence-electron chi connectivity index (χ4n) is 3.68. The van der Waals surface area contributed by atoms with Gasteiger partial charge in [0.15, 0.2) is 0 Å². The van der Waals surface area contributed by atoms with Crippen molar-refractivity contribution in [3.8, 4) is 23.7 Å². The summed E-state index contributed by atoms with van der Waals surface area (Å²) in [6.07, 6.45) is 2.82. The van der Waals surface area contributed by atoms with E-state index in [0.717, 1.165) is 11.1 Å². The second-order valence-electron chi connectivity index (χ2n) is 8.83. The molecule has 0 aromatic heterocycles. The molecule has 0 fully saturated rings. The second kappa shape index (κ2) is 14.7. The van der Waals surface area contributed by atoms with E-state index in [1.165, 1.54) is 27.7 Å². The van der Waals surface area contributed by atoms with Crippen LogP contribution in [0.3, 0.4) is 0 Å². The molecule has 0 saturated heterocycles. The van der Waals surface area contributed by atoms with Gasteiger partial charge in [0.1, 0.15) is 49.8 Å². The Hall–Kier alpha value is -4.38. The molecule has 40 heavy (non-hydrogen) atoms. The van der Waals surface area contributed by atoms with E-state index in [1.807, 2.05) is 0 Å². The topological polar surface area (TPSA) is 124 Å². The van der Waals surface area contributed by atoms with Crippen LogP contribution in [0.5, 0.6) is 0 Å². The van der Waals surface area contributed by atoms with Gasteiger partial charge in [-0.15, -0.1) is 0 Å². The molecule has 10 heteroatoms. The first-order valence-corrected chi connectivity index (χ1v) is 12.5. The van der Waals surface area contributed by atoms with Crippen molar-refractivity contribution < 1.29 is 47.6 Å². The van der Waals surface area contributed by atoms with Crippen molar-refractivity contribution >= 4 is 23.9 Å². The lowest BCUT2D eigenvalue weighted by molar-refractivity contribution is -0.162. The van der Waals surface area contributed by atoms with Gasteiger partial charge < -0.3 is 28.4 Å².